The zero-order chi connectivity index (χ0) is 11.1. The summed E-state index contributed by atoms with van der Waals surface area (Å²) >= 11 is 0. The lowest BCUT2D eigenvalue weighted by Crippen LogP contribution is -2.33. The zero-order valence-electron chi connectivity index (χ0n) is 10.8. The summed E-state index contributed by atoms with van der Waals surface area (Å²) in [5, 5.41) is 0. The highest BCUT2D eigenvalue weighted by atomic mass is 16.5. The summed E-state index contributed by atoms with van der Waals surface area (Å²) < 4.78 is 6.06. The highest BCUT2D eigenvalue weighted by molar-refractivity contribution is 5.05. The molecule has 1 aliphatic heterocycles. The smallest absolute Gasteiger partial charge is 0.0614 e. The van der Waals surface area contributed by atoms with Crippen LogP contribution in [0.4, 0.5) is 0 Å². The van der Waals surface area contributed by atoms with Gasteiger partial charge >= 0.3 is 0 Å². The number of fused-ring (bicyclic) bond motifs is 1. The summed E-state index contributed by atoms with van der Waals surface area (Å²) in [6.45, 7) is 10.6. The van der Waals surface area contributed by atoms with E-state index in [1.165, 1.54) is 32.1 Å². The van der Waals surface area contributed by atoms with Gasteiger partial charge in [-0.1, -0.05) is 40.5 Å². The van der Waals surface area contributed by atoms with Crippen LogP contribution in [-0.2, 0) is 4.74 Å². The monoisotopic (exact) mass is 210 g/mol. The molecule has 1 saturated heterocycles. The van der Waals surface area contributed by atoms with Crippen molar-refractivity contribution in [1.29, 1.82) is 0 Å². The summed E-state index contributed by atoms with van der Waals surface area (Å²) in [7, 11) is 0. The van der Waals surface area contributed by atoms with Crippen LogP contribution in [0, 0.1) is 16.7 Å². The van der Waals surface area contributed by atoms with Gasteiger partial charge in [-0.05, 0) is 36.0 Å². The Morgan fingerprint density at radius 3 is 2.60 bits per heavy atom. The van der Waals surface area contributed by atoms with Crippen molar-refractivity contribution in [2.75, 3.05) is 6.61 Å². The molecule has 1 saturated carbocycles. The van der Waals surface area contributed by atoms with E-state index in [0.717, 1.165) is 12.5 Å². The van der Waals surface area contributed by atoms with Crippen molar-refractivity contribution in [3.8, 4) is 0 Å². The summed E-state index contributed by atoms with van der Waals surface area (Å²) in [4.78, 5) is 0. The van der Waals surface area contributed by atoms with Crippen molar-refractivity contribution < 1.29 is 4.74 Å². The van der Waals surface area contributed by atoms with Crippen LogP contribution in [0.1, 0.15) is 59.8 Å². The van der Waals surface area contributed by atoms with Gasteiger partial charge in [-0.3, -0.25) is 0 Å². The van der Waals surface area contributed by atoms with E-state index in [0.29, 0.717) is 16.9 Å². The quantitative estimate of drug-likeness (QED) is 0.683. The van der Waals surface area contributed by atoms with Gasteiger partial charge in [0.25, 0.3) is 0 Å². The van der Waals surface area contributed by atoms with E-state index >= 15 is 0 Å². The molecule has 2 aliphatic rings. The van der Waals surface area contributed by atoms with E-state index in [2.05, 4.69) is 27.7 Å². The minimum atomic E-state index is 0.488. The Morgan fingerprint density at radius 1 is 1.20 bits per heavy atom. The van der Waals surface area contributed by atoms with Crippen LogP contribution in [0.3, 0.4) is 0 Å². The van der Waals surface area contributed by atoms with Crippen molar-refractivity contribution in [1.82, 2.24) is 0 Å². The van der Waals surface area contributed by atoms with Gasteiger partial charge in [0, 0.05) is 0 Å². The second-order valence-electron chi connectivity index (χ2n) is 6.61. The second kappa shape index (κ2) is 3.76. The molecule has 0 amide bonds. The van der Waals surface area contributed by atoms with E-state index in [-0.39, 0.29) is 0 Å². The van der Waals surface area contributed by atoms with Crippen LogP contribution in [0.2, 0.25) is 0 Å². The predicted molar refractivity (Wildman–Crippen MR) is 63.9 cm³/mol. The van der Waals surface area contributed by atoms with Crippen LogP contribution in [0.15, 0.2) is 0 Å². The molecule has 0 spiro atoms. The van der Waals surface area contributed by atoms with Gasteiger partial charge in [0.1, 0.15) is 0 Å². The van der Waals surface area contributed by atoms with Gasteiger partial charge in [-0.15, -0.1) is 0 Å². The minimum absolute atomic E-state index is 0.488. The average molecular weight is 210 g/mol. The van der Waals surface area contributed by atoms with E-state index in [9.17, 15) is 0 Å². The molecule has 0 N–H and O–H groups in total. The number of hydrogen-bond donors (Lipinski definition) is 0. The summed E-state index contributed by atoms with van der Waals surface area (Å²) in [5.74, 6) is 0.802. The van der Waals surface area contributed by atoms with Crippen molar-refractivity contribution in [2.45, 2.75) is 65.9 Å². The highest BCUT2D eigenvalue weighted by Crippen LogP contribution is 2.59. The van der Waals surface area contributed by atoms with Gasteiger partial charge < -0.3 is 4.74 Å². The second-order valence-corrected chi connectivity index (χ2v) is 6.61. The highest BCUT2D eigenvalue weighted by Gasteiger charge is 2.56. The Balaban J connectivity index is 2.10. The van der Waals surface area contributed by atoms with E-state index in [1.807, 2.05) is 0 Å². The fourth-order valence-corrected chi connectivity index (χ4v) is 4.02. The Bertz CT molecular complexity index is 233. The normalized spacial score (nSPS) is 43.2. The maximum absolute atomic E-state index is 6.06. The third-order valence-electron chi connectivity index (χ3n) is 4.77. The van der Waals surface area contributed by atoms with E-state index in [1.54, 1.807) is 0 Å². The first-order valence-corrected chi connectivity index (χ1v) is 6.61. The molecule has 1 nitrogen and oxygen atoms in total. The van der Waals surface area contributed by atoms with Crippen molar-refractivity contribution in [3.05, 3.63) is 0 Å². The first kappa shape index (κ1) is 11.4. The Hall–Kier alpha value is -0.0400. The topological polar surface area (TPSA) is 9.23 Å². The molecule has 1 aliphatic carbocycles. The largest absolute Gasteiger partial charge is 0.377 e. The SMILES string of the molecule is CCCCC1OCC2(C)CCC(C)(C)C12. The van der Waals surface area contributed by atoms with Crippen LogP contribution < -0.4 is 0 Å². The van der Waals surface area contributed by atoms with Crippen molar-refractivity contribution in [3.63, 3.8) is 0 Å². The average Bonchev–Trinajstić information content (AvgIpc) is 2.61. The molecule has 2 rings (SSSR count). The molecule has 0 aromatic rings. The molecule has 1 heterocycles. The number of hydrogen-bond acceptors (Lipinski definition) is 1. The molecule has 0 radical (unpaired) electrons. The van der Waals surface area contributed by atoms with Gasteiger partial charge in [0.05, 0.1) is 12.7 Å². The van der Waals surface area contributed by atoms with Crippen LogP contribution >= 0.6 is 0 Å². The molecule has 0 aromatic heterocycles. The van der Waals surface area contributed by atoms with E-state index in [4.69, 9.17) is 4.74 Å². The van der Waals surface area contributed by atoms with Crippen LogP contribution in [-0.4, -0.2) is 12.7 Å². The Kier molecular flexibility index (Phi) is 2.87. The molecule has 3 atom stereocenters. The molecule has 1 heteroatoms. The van der Waals surface area contributed by atoms with Gasteiger partial charge in [-0.25, -0.2) is 0 Å². The number of unbranched alkanes of at least 4 members (excludes halogenated alkanes) is 1. The summed E-state index contributed by atoms with van der Waals surface area (Å²) in [6.07, 6.45) is 7.21. The van der Waals surface area contributed by atoms with Gasteiger partial charge in [0.2, 0.25) is 0 Å². The minimum Gasteiger partial charge on any atom is -0.377 e. The third kappa shape index (κ3) is 1.84. The molecule has 0 aromatic carbocycles. The molecular weight excluding hydrogens is 184 g/mol. The summed E-state index contributed by atoms with van der Waals surface area (Å²) in [5.41, 5.74) is 0.992. The molecule has 15 heavy (non-hydrogen) atoms. The number of ether oxygens (including phenoxy) is 1. The first-order chi connectivity index (χ1) is 6.99. The lowest BCUT2D eigenvalue weighted by molar-refractivity contribution is 0.0463. The van der Waals surface area contributed by atoms with Crippen LogP contribution in [0.5, 0.6) is 0 Å². The maximum atomic E-state index is 6.06. The van der Waals surface area contributed by atoms with Crippen LogP contribution in [0.25, 0.3) is 0 Å². The lowest BCUT2D eigenvalue weighted by atomic mass is 9.70. The lowest BCUT2D eigenvalue weighted by Gasteiger charge is -2.34. The summed E-state index contributed by atoms with van der Waals surface area (Å²) in [6, 6.07) is 0. The molecular formula is C14H26O. The zero-order valence-corrected chi connectivity index (χ0v) is 10.8. The Labute approximate surface area is 94.6 Å². The molecule has 3 unspecified atom stereocenters. The standard InChI is InChI=1S/C14H26O/c1-5-6-7-11-12-13(2,3)8-9-14(12,4)10-15-11/h11-12H,5-10H2,1-4H3. The van der Waals surface area contributed by atoms with Gasteiger partial charge in [-0.2, -0.15) is 0 Å². The van der Waals surface area contributed by atoms with Gasteiger partial charge in [0.15, 0.2) is 0 Å². The predicted octanol–water partition coefficient (Wildman–Crippen LogP) is 4.02. The third-order valence-corrected chi connectivity index (χ3v) is 4.77. The first-order valence-electron chi connectivity index (χ1n) is 6.61. The maximum Gasteiger partial charge on any atom is 0.0614 e. The fourth-order valence-electron chi connectivity index (χ4n) is 4.02. The van der Waals surface area contributed by atoms with E-state index < -0.39 is 0 Å². The molecule has 88 valence electrons. The molecule has 2 fully saturated rings. The van der Waals surface area contributed by atoms with Crippen molar-refractivity contribution >= 4 is 0 Å². The molecule has 0 bridgehead atoms. The number of rotatable bonds is 3. The fraction of sp³-hybridized carbons (Fsp3) is 1.00. The Morgan fingerprint density at radius 2 is 1.93 bits per heavy atom. The van der Waals surface area contributed by atoms with Crippen molar-refractivity contribution in [2.24, 2.45) is 16.7 Å².